The lowest BCUT2D eigenvalue weighted by molar-refractivity contribution is 0.277. The van der Waals surface area contributed by atoms with Gasteiger partial charge in [0.2, 0.25) is 0 Å². The van der Waals surface area contributed by atoms with Gasteiger partial charge in [0.25, 0.3) is 0 Å². The summed E-state index contributed by atoms with van der Waals surface area (Å²) in [5.74, 6) is -0.781. The Bertz CT molecular complexity index is 472. The molecule has 4 heteroatoms. The van der Waals surface area contributed by atoms with Crippen LogP contribution in [0.2, 0.25) is 0 Å². The van der Waals surface area contributed by atoms with Gasteiger partial charge >= 0.3 is 0 Å². The van der Waals surface area contributed by atoms with Gasteiger partial charge in [0.1, 0.15) is 0 Å². The van der Waals surface area contributed by atoms with Gasteiger partial charge in [0, 0.05) is 19.1 Å². The Kier molecular flexibility index (Phi) is 4.73. The molecule has 2 fully saturated rings. The van der Waals surface area contributed by atoms with Gasteiger partial charge in [-0.2, -0.15) is 0 Å². The molecule has 1 aromatic carbocycles. The van der Waals surface area contributed by atoms with E-state index < -0.39 is 11.6 Å². The molecule has 1 saturated heterocycles. The maximum atomic E-state index is 14.1. The highest BCUT2D eigenvalue weighted by Gasteiger charge is 2.28. The van der Waals surface area contributed by atoms with E-state index in [1.165, 1.54) is 38.2 Å². The number of hydrogen-bond donors (Lipinski definition) is 1. The molecule has 2 aliphatic rings. The zero-order valence-corrected chi connectivity index (χ0v) is 12.5. The predicted molar refractivity (Wildman–Crippen MR) is 81.6 cm³/mol. The van der Waals surface area contributed by atoms with Gasteiger partial charge in [-0.15, -0.1) is 0 Å². The zero-order chi connectivity index (χ0) is 14.7. The van der Waals surface area contributed by atoms with Crippen LogP contribution in [0.15, 0.2) is 18.2 Å². The molecule has 3 rings (SSSR count). The quantitative estimate of drug-likeness (QED) is 0.894. The Morgan fingerprint density at radius 1 is 1.05 bits per heavy atom. The number of halogens is 2. The van der Waals surface area contributed by atoms with E-state index in [4.69, 9.17) is 0 Å². The second kappa shape index (κ2) is 6.73. The molecule has 116 valence electrons. The van der Waals surface area contributed by atoms with Crippen LogP contribution in [0.25, 0.3) is 0 Å². The van der Waals surface area contributed by atoms with Crippen LogP contribution in [0.1, 0.15) is 38.5 Å². The van der Waals surface area contributed by atoms with E-state index >= 15 is 0 Å². The highest BCUT2D eigenvalue weighted by Crippen LogP contribution is 2.29. The van der Waals surface area contributed by atoms with E-state index in [1.54, 1.807) is 12.1 Å². The van der Waals surface area contributed by atoms with E-state index in [0.717, 1.165) is 26.1 Å². The normalized spacial score (nSPS) is 24.9. The third-order valence-electron chi connectivity index (χ3n) is 4.92. The SMILES string of the molecule is Fc1cccc(N2CCCNC(C3CCCCC3)C2)c1F. The lowest BCUT2D eigenvalue weighted by Crippen LogP contribution is -2.44. The molecule has 1 unspecified atom stereocenters. The Balaban J connectivity index is 1.76. The Morgan fingerprint density at radius 3 is 2.67 bits per heavy atom. The number of benzene rings is 1. The second-order valence-electron chi connectivity index (χ2n) is 6.33. The number of anilines is 1. The van der Waals surface area contributed by atoms with Gasteiger partial charge in [-0.05, 0) is 43.9 Å². The van der Waals surface area contributed by atoms with Crippen molar-refractivity contribution in [3.8, 4) is 0 Å². The summed E-state index contributed by atoms with van der Waals surface area (Å²) in [5, 5.41) is 3.63. The first kappa shape index (κ1) is 14.8. The topological polar surface area (TPSA) is 15.3 Å². The fraction of sp³-hybridized carbons (Fsp3) is 0.647. The number of nitrogens with one attached hydrogen (secondary N) is 1. The van der Waals surface area contributed by atoms with Crippen LogP contribution in [-0.4, -0.2) is 25.7 Å². The van der Waals surface area contributed by atoms with Crippen LogP contribution in [0.3, 0.4) is 0 Å². The van der Waals surface area contributed by atoms with Gasteiger partial charge in [-0.25, -0.2) is 8.78 Å². The molecule has 0 radical (unpaired) electrons. The summed E-state index contributed by atoms with van der Waals surface area (Å²) in [4.78, 5) is 2.03. The lowest BCUT2D eigenvalue weighted by Gasteiger charge is -2.33. The van der Waals surface area contributed by atoms with Crippen molar-refractivity contribution < 1.29 is 8.78 Å². The maximum absolute atomic E-state index is 14.1. The first-order chi connectivity index (χ1) is 10.3. The van der Waals surface area contributed by atoms with Gasteiger partial charge in [-0.1, -0.05) is 25.3 Å². The monoisotopic (exact) mass is 294 g/mol. The molecular weight excluding hydrogens is 270 g/mol. The molecule has 21 heavy (non-hydrogen) atoms. The molecule has 2 nitrogen and oxygen atoms in total. The van der Waals surface area contributed by atoms with Crippen LogP contribution in [-0.2, 0) is 0 Å². The highest BCUT2D eigenvalue weighted by molar-refractivity contribution is 5.48. The second-order valence-corrected chi connectivity index (χ2v) is 6.33. The van der Waals surface area contributed by atoms with Crippen molar-refractivity contribution in [1.29, 1.82) is 0 Å². The minimum absolute atomic E-state index is 0.399. The summed E-state index contributed by atoms with van der Waals surface area (Å²) in [6.07, 6.45) is 7.44. The molecule has 0 bridgehead atoms. The van der Waals surface area contributed by atoms with Crippen LogP contribution >= 0.6 is 0 Å². The summed E-state index contributed by atoms with van der Waals surface area (Å²) in [5.41, 5.74) is 0.416. The van der Waals surface area contributed by atoms with Crippen molar-refractivity contribution in [2.75, 3.05) is 24.5 Å². The van der Waals surface area contributed by atoms with Crippen molar-refractivity contribution in [2.45, 2.75) is 44.6 Å². The number of rotatable bonds is 2. The minimum atomic E-state index is -0.751. The molecule has 0 aromatic heterocycles. The van der Waals surface area contributed by atoms with Crippen LogP contribution in [0.4, 0.5) is 14.5 Å². The summed E-state index contributed by atoms with van der Waals surface area (Å²) >= 11 is 0. The van der Waals surface area contributed by atoms with Crippen LogP contribution in [0.5, 0.6) is 0 Å². The summed E-state index contributed by atoms with van der Waals surface area (Å²) in [6, 6.07) is 4.88. The van der Waals surface area contributed by atoms with Crippen molar-refractivity contribution in [3.63, 3.8) is 0 Å². The highest BCUT2D eigenvalue weighted by atomic mass is 19.2. The molecule has 1 aliphatic heterocycles. The van der Waals surface area contributed by atoms with E-state index in [1.807, 2.05) is 4.90 Å². The molecule has 1 N–H and O–H groups in total. The molecule has 0 amide bonds. The Morgan fingerprint density at radius 2 is 1.86 bits per heavy atom. The lowest BCUT2D eigenvalue weighted by atomic mass is 9.83. The molecule has 1 aliphatic carbocycles. The van der Waals surface area contributed by atoms with Gasteiger partial charge in [0.15, 0.2) is 11.6 Å². The van der Waals surface area contributed by atoms with Crippen molar-refractivity contribution >= 4 is 5.69 Å². The summed E-state index contributed by atoms with van der Waals surface area (Å²) in [7, 11) is 0. The Labute approximate surface area is 125 Å². The molecule has 1 saturated carbocycles. The molecule has 1 atom stereocenters. The largest absolute Gasteiger partial charge is 0.367 e. The molecule has 1 heterocycles. The van der Waals surface area contributed by atoms with Crippen molar-refractivity contribution in [1.82, 2.24) is 5.32 Å². The summed E-state index contributed by atoms with van der Waals surface area (Å²) < 4.78 is 27.5. The third kappa shape index (κ3) is 3.37. The van der Waals surface area contributed by atoms with E-state index in [2.05, 4.69) is 5.32 Å². The first-order valence-electron chi connectivity index (χ1n) is 8.18. The average Bonchev–Trinajstić information content (AvgIpc) is 2.77. The van der Waals surface area contributed by atoms with E-state index in [9.17, 15) is 8.78 Å². The van der Waals surface area contributed by atoms with E-state index in [-0.39, 0.29) is 0 Å². The van der Waals surface area contributed by atoms with Crippen LogP contribution < -0.4 is 10.2 Å². The molecule has 0 spiro atoms. The van der Waals surface area contributed by atoms with Crippen LogP contribution in [0, 0.1) is 17.6 Å². The fourth-order valence-electron chi connectivity index (χ4n) is 3.76. The minimum Gasteiger partial charge on any atom is -0.367 e. The van der Waals surface area contributed by atoms with Crippen molar-refractivity contribution in [3.05, 3.63) is 29.8 Å². The van der Waals surface area contributed by atoms with Crippen molar-refractivity contribution in [2.24, 2.45) is 5.92 Å². The fourth-order valence-corrected chi connectivity index (χ4v) is 3.76. The van der Waals surface area contributed by atoms with Gasteiger partial charge in [0.05, 0.1) is 5.69 Å². The molecule has 1 aromatic rings. The standard InChI is InChI=1S/C17H24F2N2/c18-14-8-4-9-16(17(14)19)21-11-5-10-20-15(12-21)13-6-2-1-3-7-13/h4,8-9,13,15,20H,1-3,5-7,10-12H2. The maximum Gasteiger partial charge on any atom is 0.182 e. The summed E-state index contributed by atoms with van der Waals surface area (Å²) in [6.45, 7) is 2.54. The predicted octanol–water partition coefficient (Wildman–Crippen LogP) is 3.71. The zero-order valence-electron chi connectivity index (χ0n) is 12.5. The van der Waals surface area contributed by atoms with Gasteiger partial charge < -0.3 is 10.2 Å². The first-order valence-corrected chi connectivity index (χ1v) is 8.18. The van der Waals surface area contributed by atoms with E-state index in [0.29, 0.717) is 17.6 Å². The third-order valence-corrected chi connectivity index (χ3v) is 4.92. The number of nitrogens with zero attached hydrogens (tertiary/aromatic N) is 1. The molecular formula is C17H24F2N2. The smallest absolute Gasteiger partial charge is 0.182 e. The average molecular weight is 294 g/mol. The Hall–Kier alpha value is -1.16. The number of hydrogen-bond acceptors (Lipinski definition) is 2. The van der Waals surface area contributed by atoms with Gasteiger partial charge in [-0.3, -0.25) is 0 Å².